The third-order valence-corrected chi connectivity index (χ3v) is 17.5. The fraction of sp³-hybridized carbons (Fsp3) is 0.225. The largest absolute Gasteiger partial charge is 0.497 e. The molecular weight excluding hydrogens is 1310 g/mol. The van der Waals surface area contributed by atoms with Gasteiger partial charge >= 0.3 is 5.97 Å². The van der Waals surface area contributed by atoms with E-state index in [4.69, 9.17) is 76.3 Å². The molecule has 6 amide bonds. The van der Waals surface area contributed by atoms with E-state index in [0.29, 0.717) is 11.1 Å². The molecule has 6 aliphatic rings. The topological polar surface area (TPSA) is 330 Å². The molecule has 6 heterocycles. The van der Waals surface area contributed by atoms with Crippen molar-refractivity contribution >= 4 is 64.6 Å². The van der Waals surface area contributed by atoms with Crippen LogP contribution in [-0.2, 0) is 51.3 Å². The number of hydrogen-bond acceptors (Lipinski definition) is 19. The van der Waals surface area contributed by atoms with Crippen LogP contribution in [0.25, 0.3) is 11.1 Å². The first-order chi connectivity index (χ1) is 47.3. The van der Waals surface area contributed by atoms with Gasteiger partial charge in [0.2, 0.25) is 41.2 Å². The predicted octanol–water partition coefficient (Wildman–Crippen LogP) is 8.46. The Hall–Kier alpha value is -11.3. The Bertz CT molecular complexity index is 4520. The molecule has 14 rings (SSSR count). The molecule has 8 aromatic carbocycles. The molecule has 0 saturated carbocycles. The number of aliphatic hydroxyl groups excluding tert-OH is 1. The second-order valence-corrected chi connectivity index (χ2v) is 23.8. The molecule has 25 nitrogen and oxygen atoms in total. The summed E-state index contributed by atoms with van der Waals surface area (Å²) in [4.78, 5) is 108. The molecule has 0 radical (unpaired) electrons. The molecule has 2 unspecified atom stereocenters. The number of esters is 1. The van der Waals surface area contributed by atoms with Crippen LogP contribution in [0.3, 0.4) is 0 Å². The van der Waals surface area contributed by atoms with Crippen LogP contribution in [0, 0.1) is 0 Å². The number of methoxy groups -OCH3 is 6. The van der Waals surface area contributed by atoms with Crippen LogP contribution in [0.1, 0.15) is 80.8 Å². The van der Waals surface area contributed by atoms with E-state index in [1.54, 1.807) is 48.5 Å². The molecule has 17 bridgehead atoms. The quantitative estimate of drug-likeness (QED) is 0.0628. The van der Waals surface area contributed by atoms with Gasteiger partial charge in [0, 0.05) is 35.2 Å². The van der Waals surface area contributed by atoms with Crippen LogP contribution in [0.4, 0.5) is 0 Å². The maximum atomic E-state index is 16.3. The number of carbonyl (C=O) groups is 7. The molecule has 8 aromatic rings. The fourth-order valence-corrected chi connectivity index (χ4v) is 12.4. The number of nitrogens with one attached hydrogen (secondary N) is 6. The van der Waals surface area contributed by atoms with Crippen molar-refractivity contribution in [2.75, 3.05) is 42.7 Å². The zero-order valence-corrected chi connectivity index (χ0v) is 54.6. The minimum atomic E-state index is -2.05. The average molecular weight is 1370 g/mol. The van der Waals surface area contributed by atoms with E-state index in [2.05, 4.69) is 31.9 Å². The Kier molecular flexibility index (Phi) is 19.2. The highest BCUT2D eigenvalue weighted by Gasteiger charge is 2.42. The van der Waals surface area contributed by atoms with Crippen LogP contribution < -0.4 is 80.3 Å². The van der Waals surface area contributed by atoms with Crippen molar-refractivity contribution in [1.29, 1.82) is 0 Å². The van der Waals surface area contributed by atoms with Crippen LogP contribution in [0.5, 0.6) is 69.0 Å². The Balaban J connectivity index is 1.09. The predicted molar refractivity (Wildman–Crippen MR) is 353 cm³/mol. The SMILES string of the molecule is COc1cc2cc(c1)C1NC(=O)[C@@H](Cc3ccc(c(Cl)c3)Oc3cc4cc(c3OC)Oc3ccc(cc3Cl)[C@@H](O)[C@@H]3NC(=O)[C@H](NC(=O)[C@@H]4NC1=O)c1ccc(OC)c(c1)-c1c(OC)cc(OC)cc1C(C(=O)OCc1ccccc1)NC3=O)NC(=O)[C@@H](N)c1ccc(OC)c(c1)O2. The van der Waals surface area contributed by atoms with Gasteiger partial charge in [-0.2, -0.15) is 0 Å². The van der Waals surface area contributed by atoms with E-state index in [-0.39, 0.29) is 137 Å². The zero-order valence-electron chi connectivity index (χ0n) is 53.1. The minimum absolute atomic E-state index is 0.00578. The smallest absolute Gasteiger partial charge is 0.333 e. The first-order valence-electron chi connectivity index (χ1n) is 30.4. The van der Waals surface area contributed by atoms with Gasteiger partial charge < -0.3 is 90.1 Å². The van der Waals surface area contributed by atoms with Gasteiger partial charge in [-0.25, -0.2) is 4.79 Å². The number of carbonyl (C=O) groups excluding carboxylic acids is 7. The molecule has 6 aliphatic heterocycles. The van der Waals surface area contributed by atoms with Crippen molar-refractivity contribution in [2.45, 2.75) is 61.4 Å². The Morgan fingerprint density at radius 3 is 1.74 bits per heavy atom. The van der Waals surface area contributed by atoms with Crippen LogP contribution in [0.15, 0.2) is 146 Å². The Morgan fingerprint density at radius 1 is 0.500 bits per heavy atom. The van der Waals surface area contributed by atoms with Gasteiger partial charge in [-0.1, -0.05) is 77.8 Å². The normalized spacial score (nSPS) is 20.4. The second-order valence-electron chi connectivity index (χ2n) is 23.0. The van der Waals surface area contributed by atoms with Crippen molar-refractivity contribution in [2.24, 2.45) is 5.73 Å². The molecule has 504 valence electrons. The number of halogens is 2. The lowest BCUT2D eigenvalue weighted by Crippen LogP contribution is -2.55. The van der Waals surface area contributed by atoms with Gasteiger partial charge in [-0.3, -0.25) is 28.8 Å². The van der Waals surface area contributed by atoms with Crippen molar-refractivity contribution in [3.05, 3.63) is 200 Å². The summed E-state index contributed by atoms with van der Waals surface area (Å²) in [7, 11) is 8.18. The lowest BCUT2D eigenvalue weighted by atomic mass is 9.89. The minimum Gasteiger partial charge on any atom is -0.497 e. The first kappa shape index (κ1) is 66.8. The lowest BCUT2D eigenvalue weighted by molar-refractivity contribution is -0.150. The number of ether oxygens (including phenoxy) is 10. The highest BCUT2D eigenvalue weighted by molar-refractivity contribution is 6.32. The number of hydrogen-bond donors (Lipinski definition) is 8. The van der Waals surface area contributed by atoms with Crippen LogP contribution >= 0.6 is 23.2 Å². The standard InChI is InChI=1S/C71H63Cl2N7O18/c1-89-40-22-38-23-42(29-40)96-52-26-35(13-19-51(52)92-4)57(74)66(83)75-47-21-34-12-16-49(45(72)20-34)97-54-27-39-28-55(64(54)94-6)98-50-18-15-37(25-46(50)73)63(81)62-70(87)79-61(71(88)95-32-33-10-8-7-9-11-33)44-30-41(90-2)31-53(93-5)56(44)43-24-36(14-17-48(43)91-3)58(67(84)80-62)77-69(86)60(39)78-68(85)59(38)76-65(47)82/h7-20,22-31,47,57-63,81H,21,32,74H2,1-6H3,(H,75,83)(H,76,82)(H,77,86)(H,78,85)(H,79,87)(H,80,84)/t47-,57+,58-,59?,60-,61?,62+,63-/m1/s1. The molecule has 0 aliphatic carbocycles. The van der Waals surface area contributed by atoms with E-state index in [0.717, 1.165) is 0 Å². The lowest BCUT2D eigenvalue weighted by Gasteiger charge is -2.32. The van der Waals surface area contributed by atoms with Crippen molar-refractivity contribution in [1.82, 2.24) is 31.9 Å². The second kappa shape index (κ2) is 28.2. The third-order valence-electron chi connectivity index (χ3n) is 16.9. The average Bonchev–Trinajstić information content (AvgIpc) is 0.762. The summed E-state index contributed by atoms with van der Waals surface area (Å²) in [6.45, 7) is -0.251. The number of rotatable bonds is 9. The number of fused-ring (bicyclic) bond motifs is 14. The van der Waals surface area contributed by atoms with Crippen molar-refractivity contribution in [3.63, 3.8) is 0 Å². The highest BCUT2D eigenvalue weighted by atomic mass is 35.5. The first-order valence-corrected chi connectivity index (χ1v) is 31.1. The molecule has 98 heavy (non-hydrogen) atoms. The summed E-state index contributed by atoms with van der Waals surface area (Å²) in [5.74, 6) is -6.96. The van der Waals surface area contributed by atoms with Gasteiger partial charge in [0.25, 0.3) is 0 Å². The van der Waals surface area contributed by atoms with Gasteiger partial charge in [0.1, 0.15) is 89.2 Å². The molecule has 0 aromatic heterocycles. The van der Waals surface area contributed by atoms with Gasteiger partial charge in [-0.15, -0.1) is 0 Å². The van der Waals surface area contributed by atoms with E-state index in [1.807, 2.05) is 0 Å². The zero-order chi connectivity index (χ0) is 69.2. The monoisotopic (exact) mass is 1370 g/mol. The Labute approximate surface area is 570 Å². The molecule has 8 atom stereocenters. The Morgan fingerprint density at radius 2 is 1.09 bits per heavy atom. The van der Waals surface area contributed by atoms with E-state index in [1.165, 1.54) is 140 Å². The van der Waals surface area contributed by atoms with E-state index in [9.17, 15) is 14.7 Å². The molecule has 27 heteroatoms. The third kappa shape index (κ3) is 13.5. The number of nitrogens with two attached hydrogens (primary N) is 1. The summed E-state index contributed by atoms with van der Waals surface area (Å²) in [6, 6.07) is 23.9. The number of amides is 6. The molecular formula is C71H63Cl2N7O18. The van der Waals surface area contributed by atoms with Gasteiger partial charge in [0.05, 0.1) is 52.7 Å². The number of benzene rings is 8. The van der Waals surface area contributed by atoms with Crippen LogP contribution in [0.2, 0.25) is 10.0 Å². The molecule has 9 N–H and O–H groups in total. The van der Waals surface area contributed by atoms with Gasteiger partial charge in [-0.05, 0) is 118 Å². The summed E-state index contributed by atoms with van der Waals surface area (Å²) in [6.07, 6.45) is -2.25. The van der Waals surface area contributed by atoms with Crippen LogP contribution in [-0.4, -0.2) is 101 Å². The summed E-state index contributed by atoms with van der Waals surface area (Å²) in [5, 5.41) is 29.0. The summed E-state index contributed by atoms with van der Waals surface area (Å²) in [5.41, 5.74) is 8.02. The van der Waals surface area contributed by atoms with E-state index < -0.39 is 89.8 Å². The highest BCUT2D eigenvalue weighted by Crippen LogP contribution is 2.49. The van der Waals surface area contributed by atoms with Crippen molar-refractivity contribution in [3.8, 4) is 80.1 Å². The van der Waals surface area contributed by atoms with E-state index >= 15 is 24.0 Å². The van der Waals surface area contributed by atoms with Gasteiger partial charge in [0.15, 0.2) is 29.0 Å². The maximum Gasteiger partial charge on any atom is 0.333 e. The van der Waals surface area contributed by atoms with Crippen molar-refractivity contribution < 1.29 is 86.0 Å². The molecule has 0 fully saturated rings. The number of aliphatic hydroxyl groups is 1. The molecule has 0 saturated heterocycles. The maximum absolute atomic E-state index is 16.3. The summed E-state index contributed by atoms with van der Waals surface area (Å²) < 4.78 is 60.7. The molecule has 0 spiro atoms. The fourth-order valence-electron chi connectivity index (χ4n) is 11.9. The summed E-state index contributed by atoms with van der Waals surface area (Å²) >= 11 is 14.2.